The van der Waals surface area contributed by atoms with E-state index in [1.165, 1.54) is 0 Å². The number of carboxylic acid groups (broad SMARTS) is 3. The summed E-state index contributed by atoms with van der Waals surface area (Å²) in [5, 5.41) is 33.7. The number of hydrogen-bond acceptors (Lipinski definition) is 9. The summed E-state index contributed by atoms with van der Waals surface area (Å²) in [5.74, 6) is -6.85. The monoisotopic (exact) mass is 580 g/mol. The molecule has 0 spiro atoms. The van der Waals surface area contributed by atoms with Gasteiger partial charge in [0, 0.05) is 38.6 Å². The molecular formula is C22H36N4O12S. The van der Waals surface area contributed by atoms with Crippen LogP contribution < -0.4 is 20.7 Å². The molecule has 7 N–H and O–H groups in total. The lowest BCUT2D eigenvalue weighted by Crippen LogP contribution is -2.43. The van der Waals surface area contributed by atoms with Crippen molar-refractivity contribution in [1.29, 1.82) is 0 Å². The van der Waals surface area contributed by atoms with Gasteiger partial charge in [-0.25, -0.2) is 18.0 Å². The van der Waals surface area contributed by atoms with Crippen LogP contribution in [-0.2, 0) is 43.6 Å². The number of hydrogen-bond donors (Lipinski definition) is 7. The fourth-order valence-corrected chi connectivity index (χ4v) is 4.14. The molecule has 4 amide bonds. The maximum absolute atomic E-state index is 12.0. The van der Waals surface area contributed by atoms with Gasteiger partial charge in [-0.1, -0.05) is 6.92 Å². The second kappa shape index (κ2) is 18.5. The third kappa shape index (κ3) is 18.2. The summed E-state index contributed by atoms with van der Waals surface area (Å²) in [5.41, 5.74) is 0. The summed E-state index contributed by atoms with van der Waals surface area (Å²) in [6.45, 7) is 1.61. The van der Waals surface area contributed by atoms with Crippen molar-refractivity contribution in [3.05, 3.63) is 0 Å². The fourth-order valence-electron chi connectivity index (χ4n) is 3.07. The van der Waals surface area contributed by atoms with Crippen molar-refractivity contribution in [3.63, 3.8) is 0 Å². The first-order valence-electron chi connectivity index (χ1n) is 12.2. The van der Waals surface area contributed by atoms with Crippen molar-refractivity contribution in [2.45, 2.75) is 83.2 Å². The van der Waals surface area contributed by atoms with Crippen LogP contribution in [0.25, 0.3) is 0 Å². The van der Waals surface area contributed by atoms with Crippen molar-refractivity contribution in [2.75, 3.05) is 12.3 Å². The largest absolute Gasteiger partial charge is 0.481 e. The van der Waals surface area contributed by atoms with Gasteiger partial charge >= 0.3 is 17.9 Å². The molecule has 0 fully saturated rings. The summed E-state index contributed by atoms with van der Waals surface area (Å²) < 4.78 is 25.5. The van der Waals surface area contributed by atoms with Crippen molar-refractivity contribution >= 4 is 51.6 Å². The van der Waals surface area contributed by atoms with Crippen molar-refractivity contribution in [3.8, 4) is 0 Å². The minimum absolute atomic E-state index is 0.0146. The molecule has 0 saturated carbocycles. The zero-order valence-corrected chi connectivity index (χ0v) is 22.4. The number of carbonyl (C=O) groups excluding carboxylic acids is 4. The van der Waals surface area contributed by atoms with Crippen LogP contribution in [0.3, 0.4) is 0 Å². The zero-order chi connectivity index (χ0) is 30.0. The maximum atomic E-state index is 12.0. The van der Waals surface area contributed by atoms with E-state index in [0.29, 0.717) is 0 Å². The average Bonchev–Trinajstić information content (AvgIpc) is 2.81. The minimum Gasteiger partial charge on any atom is -0.481 e. The van der Waals surface area contributed by atoms with Gasteiger partial charge in [0.15, 0.2) is 0 Å². The first-order valence-corrected chi connectivity index (χ1v) is 13.9. The lowest BCUT2D eigenvalue weighted by Gasteiger charge is -2.16. The van der Waals surface area contributed by atoms with Gasteiger partial charge in [-0.2, -0.15) is 0 Å². The molecule has 16 nitrogen and oxygen atoms in total. The predicted molar refractivity (Wildman–Crippen MR) is 134 cm³/mol. The van der Waals surface area contributed by atoms with Gasteiger partial charge < -0.3 is 31.3 Å². The SMILES string of the molecule is CCC(NC(=O)CCC(NC(=O)CCCNC(=O)CCCS(=O)(=O)NC(=O)CCCC(=O)O)C(=O)O)C(=O)O. The Morgan fingerprint density at radius 1 is 0.667 bits per heavy atom. The van der Waals surface area contributed by atoms with Gasteiger partial charge in [-0.15, -0.1) is 0 Å². The Kier molecular flexibility index (Phi) is 16.7. The molecule has 0 bridgehead atoms. The Hall–Kier alpha value is -3.76. The number of rotatable bonds is 21. The molecule has 0 aliphatic rings. The van der Waals surface area contributed by atoms with Crippen LogP contribution in [-0.4, -0.2) is 89.7 Å². The normalized spacial score (nSPS) is 12.4. The molecule has 222 valence electrons. The molecule has 0 saturated heterocycles. The zero-order valence-electron chi connectivity index (χ0n) is 21.6. The van der Waals surface area contributed by atoms with Crippen LogP contribution in [0.15, 0.2) is 0 Å². The van der Waals surface area contributed by atoms with Gasteiger partial charge in [-0.05, 0) is 32.1 Å². The average molecular weight is 581 g/mol. The summed E-state index contributed by atoms with van der Waals surface area (Å²) in [4.78, 5) is 80.0. The number of aliphatic carboxylic acids is 3. The van der Waals surface area contributed by atoms with Crippen LogP contribution in [0.2, 0.25) is 0 Å². The molecule has 0 aromatic heterocycles. The van der Waals surface area contributed by atoms with Crippen molar-refractivity contribution in [1.82, 2.24) is 20.7 Å². The van der Waals surface area contributed by atoms with Gasteiger partial charge in [0.05, 0.1) is 5.75 Å². The Morgan fingerprint density at radius 2 is 1.21 bits per heavy atom. The highest BCUT2D eigenvalue weighted by Gasteiger charge is 2.23. The minimum atomic E-state index is -3.98. The summed E-state index contributed by atoms with van der Waals surface area (Å²) >= 11 is 0. The van der Waals surface area contributed by atoms with E-state index in [9.17, 15) is 47.1 Å². The molecule has 0 heterocycles. The fraction of sp³-hybridized carbons (Fsp3) is 0.682. The lowest BCUT2D eigenvalue weighted by atomic mass is 10.1. The van der Waals surface area contributed by atoms with Crippen molar-refractivity contribution < 1.29 is 57.3 Å². The van der Waals surface area contributed by atoms with Gasteiger partial charge in [0.2, 0.25) is 33.7 Å². The Bertz CT molecular complexity index is 999. The topological polar surface area (TPSA) is 262 Å². The maximum Gasteiger partial charge on any atom is 0.326 e. The summed E-state index contributed by atoms with van der Waals surface area (Å²) in [7, 11) is -3.98. The molecule has 0 aliphatic heterocycles. The molecule has 2 unspecified atom stereocenters. The summed E-state index contributed by atoms with van der Waals surface area (Å²) in [6, 6.07) is -2.47. The third-order valence-electron chi connectivity index (χ3n) is 5.12. The molecule has 0 aliphatic carbocycles. The smallest absolute Gasteiger partial charge is 0.326 e. The van der Waals surface area contributed by atoms with Crippen LogP contribution >= 0.6 is 0 Å². The quantitative estimate of drug-likeness (QED) is 0.0781. The first kappa shape index (κ1) is 35.2. The van der Waals surface area contributed by atoms with E-state index < -0.39 is 69.4 Å². The number of amides is 4. The van der Waals surface area contributed by atoms with E-state index in [-0.39, 0.29) is 70.8 Å². The second-order valence-corrected chi connectivity index (χ2v) is 10.4. The van der Waals surface area contributed by atoms with Crippen LogP contribution in [0.4, 0.5) is 0 Å². The van der Waals surface area contributed by atoms with E-state index in [2.05, 4.69) is 16.0 Å². The number of nitrogens with one attached hydrogen (secondary N) is 4. The molecular weight excluding hydrogens is 544 g/mol. The van der Waals surface area contributed by atoms with E-state index >= 15 is 0 Å². The first-order chi connectivity index (χ1) is 18.2. The van der Waals surface area contributed by atoms with Crippen LogP contribution in [0.1, 0.15) is 71.1 Å². The van der Waals surface area contributed by atoms with Crippen LogP contribution in [0.5, 0.6) is 0 Å². The Morgan fingerprint density at radius 3 is 1.77 bits per heavy atom. The predicted octanol–water partition coefficient (Wildman–Crippen LogP) is -1.31. The molecule has 0 aromatic carbocycles. The number of sulfonamides is 1. The van der Waals surface area contributed by atoms with E-state index in [1.54, 1.807) is 11.6 Å². The molecule has 0 aromatic rings. The highest BCUT2D eigenvalue weighted by Crippen LogP contribution is 2.02. The molecule has 0 radical (unpaired) electrons. The highest BCUT2D eigenvalue weighted by atomic mass is 32.2. The van der Waals surface area contributed by atoms with E-state index in [1.807, 2.05) is 0 Å². The molecule has 2 atom stereocenters. The third-order valence-corrected chi connectivity index (χ3v) is 6.48. The van der Waals surface area contributed by atoms with Crippen LogP contribution in [0, 0.1) is 0 Å². The lowest BCUT2D eigenvalue weighted by molar-refractivity contribution is -0.143. The standard InChI is InChI=1S/C22H36N4O12S/c1-2-14(21(33)34)24-18(29)11-10-15(22(35)36)25-17(28)7-4-12-23-16(27)8-5-13-39(37,38)26-19(30)6-3-9-20(31)32/h14-15H,2-13H2,1H3,(H,23,27)(H,24,29)(H,25,28)(H,26,30)(H,31,32)(H,33,34)(H,35,36). The molecule has 0 rings (SSSR count). The van der Waals surface area contributed by atoms with Gasteiger partial charge in [0.1, 0.15) is 12.1 Å². The number of carboxylic acids is 3. The summed E-state index contributed by atoms with van der Waals surface area (Å²) in [6.07, 6.45) is -1.26. The molecule has 17 heteroatoms. The van der Waals surface area contributed by atoms with Crippen molar-refractivity contribution in [2.24, 2.45) is 0 Å². The van der Waals surface area contributed by atoms with Gasteiger partial charge in [-0.3, -0.25) is 28.7 Å². The van der Waals surface area contributed by atoms with E-state index in [0.717, 1.165) is 0 Å². The second-order valence-electron chi connectivity index (χ2n) is 8.51. The highest BCUT2D eigenvalue weighted by molar-refractivity contribution is 7.90. The van der Waals surface area contributed by atoms with E-state index in [4.69, 9.17) is 10.2 Å². The Labute approximate surface area is 225 Å². The Balaban J connectivity index is 4.25. The van der Waals surface area contributed by atoms with Gasteiger partial charge in [0.25, 0.3) is 0 Å². The molecule has 39 heavy (non-hydrogen) atoms. The number of carbonyl (C=O) groups is 7.